The van der Waals surface area contributed by atoms with Crippen LogP contribution in [0.2, 0.25) is 0 Å². The summed E-state index contributed by atoms with van der Waals surface area (Å²) in [6.07, 6.45) is 6.03. The molecule has 1 aliphatic rings. The van der Waals surface area contributed by atoms with Crippen LogP contribution < -0.4 is 4.74 Å². The van der Waals surface area contributed by atoms with Crippen molar-refractivity contribution < 1.29 is 25.8 Å². The Kier molecular flexibility index (Phi) is 12.1. The molecule has 336 valence electrons. The van der Waals surface area contributed by atoms with Crippen molar-refractivity contribution in [1.29, 1.82) is 0 Å². The summed E-state index contributed by atoms with van der Waals surface area (Å²) in [6.45, 7) is 27.1. The molecule has 0 spiro atoms. The second-order valence-electron chi connectivity index (χ2n) is 22.0. The van der Waals surface area contributed by atoms with Crippen molar-refractivity contribution in [2.45, 2.75) is 110 Å². The second-order valence-corrected chi connectivity index (χ2v) is 22.0. The minimum atomic E-state index is -0.765. The molecule has 0 atom stereocenters. The molecule has 1 aliphatic carbocycles. The van der Waals surface area contributed by atoms with E-state index in [0.717, 1.165) is 44.8 Å². The molecule has 6 aromatic carbocycles. The first kappa shape index (κ1) is 46.7. The molecule has 0 aliphatic heterocycles. The van der Waals surface area contributed by atoms with E-state index in [4.69, 9.17) is 14.8 Å². The Balaban J connectivity index is 0.00000592. The molecule has 0 unspecified atom stereocenters. The third kappa shape index (κ3) is 8.78. The van der Waals surface area contributed by atoms with E-state index in [1.165, 1.54) is 38.9 Å². The quantitative estimate of drug-likeness (QED) is 0.149. The summed E-state index contributed by atoms with van der Waals surface area (Å²) in [5.74, 6) is 1.20. The van der Waals surface area contributed by atoms with E-state index < -0.39 is 5.41 Å². The number of nitrogens with zero attached hydrogens (tertiary/aromatic N) is 3. The third-order valence-corrected chi connectivity index (χ3v) is 13.1. The van der Waals surface area contributed by atoms with Crippen LogP contribution in [0.3, 0.4) is 0 Å². The first-order chi connectivity index (χ1) is 30.7. The Morgan fingerprint density at radius 3 is 1.65 bits per heavy atom. The standard InChI is InChI=1S/C61H61N3O.Pt/c1-57(2,3)44-26-24-40(25-27-44)41-28-29-62-56(32-41)61(54-22-15-13-20-52(54)53-21-14-16-23-55(53)61)45-18-17-19-50(35-45)65-51-36-48(60(10,11)12)34-49(37-51)64-39-43(38-63-64)42-30-46(58(4,5)6)33-47(31-42)59(7,8)9;/h13-34,36,38-39H,1-12H3;/q-2;+2. The van der Waals surface area contributed by atoms with Crippen molar-refractivity contribution in [2.75, 3.05) is 0 Å². The maximum Gasteiger partial charge on any atom is 2.00 e. The first-order valence-electron chi connectivity index (χ1n) is 23.0. The summed E-state index contributed by atoms with van der Waals surface area (Å²) in [7, 11) is 0. The molecule has 5 heteroatoms. The maximum absolute atomic E-state index is 6.89. The van der Waals surface area contributed by atoms with Crippen LogP contribution in [0, 0.1) is 12.1 Å². The van der Waals surface area contributed by atoms with Gasteiger partial charge in [-0.25, -0.2) is 0 Å². The molecule has 0 saturated heterocycles. The van der Waals surface area contributed by atoms with Crippen LogP contribution in [-0.4, -0.2) is 14.8 Å². The molecule has 0 radical (unpaired) electrons. The van der Waals surface area contributed by atoms with Gasteiger partial charge in [0.05, 0.1) is 17.3 Å². The Labute approximate surface area is 407 Å². The van der Waals surface area contributed by atoms with Gasteiger partial charge in [0, 0.05) is 29.5 Å². The first-order valence-corrected chi connectivity index (χ1v) is 23.0. The predicted octanol–water partition coefficient (Wildman–Crippen LogP) is 15.5. The van der Waals surface area contributed by atoms with E-state index in [2.05, 4.69) is 229 Å². The van der Waals surface area contributed by atoms with Gasteiger partial charge in [-0.3, -0.25) is 9.67 Å². The van der Waals surface area contributed by atoms with Gasteiger partial charge in [0.15, 0.2) is 0 Å². The second kappa shape index (κ2) is 17.1. The number of hydrogen-bond acceptors (Lipinski definition) is 3. The van der Waals surface area contributed by atoms with Gasteiger partial charge in [-0.15, -0.1) is 41.5 Å². The summed E-state index contributed by atoms with van der Waals surface area (Å²) in [5, 5.41) is 4.93. The fourth-order valence-corrected chi connectivity index (χ4v) is 9.17. The van der Waals surface area contributed by atoms with Gasteiger partial charge in [0.2, 0.25) is 0 Å². The topological polar surface area (TPSA) is 39.9 Å². The maximum atomic E-state index is 6.89. The smallest absolute Gasteiger partial charge is 0.509 e. The molecule has 0 bridgehead atoms. The largest absolute Gasteiger partial charge is 2.00 e. The van der Waals surface area contributed by atoms with Gasteiger partial charge in [-0.05, 0) is 95.1 Å². The summed E-state index contributed by atoms with van der Waals surface area (Å²) in [5.41, 5.74) is 16.1. The predicted molar refractivity (Wildman–Crippen MR) is 269 cm³/mol. The van der Waals surface area contributed by atoms with E-state index in [-0.39, 0.29) is 42.7 Å². The van der Waals surface area contributed by atoms with Crippen LogP contribution in [0.1, 0.15) is 128 Å². The van der Waals surface area contributed by atoms with E-state index in [1.807, 2.05) is 23.1 Å². The van der Waals surface area contributed by atoms with Gasteiger partial charge >= 0.3 is 21.1 Å². The van der Waals surface area contributed by atoms with E-state index in [9.17, 15) is 0 Å². The molecule has 66 heavy (non-hydrogen) atoms. The minimum Gasteiger partial charge on any atom is -0.509 e. The van der Waals surface area contributed by atoms with Gasteiger partial charge in [0.1, 0.15) is 0 Å². The van der Waals surface area contributed by atoms with Gasteiger partial charge in [-0.2, -0.15) is 17.2 Å². The van der Waals surface area contributed by atoms with Crippen LogP contribution in [0.15, 0.2) is 152 Å². The van der Waals surface area contributed by atoms with E-state index in [1.54, 1.807) is 0 Å². The molecule has 9 rings (SSSR count). The number of hydrogen-bond donors (Lipinski definition) is 0. The van der Waals surface area contributed by atoms with Crippen LogP contribution in [0.25, 0.3) is 39.1 Å². The normalized spacial score (nSPS) is 13.5. The van der Waals surface area contributed by atoms with Crippen molar-refractivity contribution in [3.63, 3.8) is 0 Å². The van der Waals surface area contributed by atoms with Crippen molar-refractivity contribution in [1.82, 2.24) is 14.8 Å². The third-order valence-electron chi connectivity index (χ3n) is 13.1. The Morgan fingerprint density at radius 2 is 1.06 bits per heavy atom. The molecule has 8 aromatic rings. The summed E-state index contributed by atoms with van der Waals surface area (Å²) in [6, 6.07) is 55.7. The Bertz CT molecular complexity index is 2980. The number of rotatable bonds is 7. The van der Waals surface area contributed by atoms with Crippen molar-refractivity contribution in [2.24, 2.45) is 0 Å². The molecule has 0 fully saturated rings. The SMILES string of the molecule is CC(C)(C)c1ccc(-c2ccnc(C3(c4[c-]c(Oc5[c-]c(-n6cc(-c7cc(C(C)(C)C)cc(C(C)(C)C)c7)cn6)cc(C(C)(C)C)c5)ccc4)c4ccccc4-c4ccccc43)c2)cc1.[Pt+2]. The minimum absolute atomic E-state index is 0. The van der Waals surface area contributed by atoms with Crippen LogP contribution >= 0.6 is 0 Å². The molecule has 4 nitrogen and oxygen atoms in total. The van der Waals surface area contributed by atoms with Crippen molar-refractivity contribution in [3.05, 3.63) is 209 Å². The summed E-state index contributed by atoms with van der Waals surface area (Å²) < 4.78 is 8.82. The molecular weight excluding hydrogens is 986 g/mol. The molecule has 2 aromatic heterocycles. The van der Waals surface area contributed by atoms with Crippen molar-refractivity contribution in [3.8, 4) is 50.6 Å². The molecule has 2 heterocycles. The molecule has 0 saturated carbocycles. The van der Waals surface area contributed by atoms with Crippen LogP contribution in [0.5, 0.6) is 11.5 Å². The zero-order chi connectivity index (χ0) is 46.1. The Hall–Kier alpha value is -5.83. The number of fused-ring (bicyclic) bond motifs is 3. The van der Waals surface area contributed by atoms with E-state index >= 15 is 0 Å². The Morgan fingerprint density at radius 1 is 0.485 bits per heavy atom. The van der Waals surface area contributed by atoms with Crippen LogP contribution in [-0.2, 0) is 48.1 Å². The summed E-state index contributed by atoms with van der Waals surface area (Å²) in [4.78, 5) is 5.23. The number of pyridine rings is 1. The van der Waals surface area contributed by atoms with Gasteiger partial charge in [0.25, 0.3) is 0 Å². The van der Waals surface area contributed by atoms with Crippen LogP contribution in [0.4, 0.5) is 0 Å². The zero-order valence-electron chi connectivity index (χ0n) is 40.5. The molecule has 0 amide bonds. The average molecular weight is 1050 g/mol. The molecule has 0 N–H and O–H groups in total. The fourth-order valence-electron chi connectivity index (χ4n) is 9.17. The number of ether oxygens (including phenoxy) is 1. The van der Waals surface area contributed by atoms with Gasteiger partial charge in [-0.1, -0.05) is 174 Å². The van der Waals surface area contributed by atoms with Crippen molar-refractivity contribution >= 4 is 0 Å². The summed E-state index contributed by atoms with van der Waals surface area (Å²) >= 11 is 0. The van der Waals surface area contributed by atoms with E-state index in [0.29, 0.717) is 11.5 Å². The number of benzene rings is 6. The zero-order valence-corrected chi connectivity index (χ0v) is 42.8. The average Bonchev–Trinajstić information content (AvgIpc) is 3.88. The number of aromatic nitrogens is 3. The monoisotopic (exact) mass is 1050 g/mol. The van der Waals surface area contributed by atoms with Gasteiger partial charge < -0.3 is 4.74 Å². The molecular formula is C61H61N3OPt. The fraction of sp³-hybridized carbons (Fsp3) is 0.279.